The van der Waals surface area contributed by atoms with Crippen molar-refractivity contribution < 1.29 is 17.9 Å². The number of hydrogen-bond donors (Lipinski definition) is 1. The molecule has 140 valence electrons. The van der Waals surface area contributed by atoms with Gasteiger partial charge in [0.2, 0.25) is 0 Å². The third-order valence-corrected chi connectivity index (χ3v) is 8.53. The molecule has 0 aliphatic carbocycles. The maximum atomic E-state index is 12.6. The SMILES string of the molecule is O=C(c1ccc(NS(=O)(=O)c2c(Cl)sc(Cl)c2Br)cc1)N1CCOCC1. The van der Waals surface area contributed by atoms with Gasteiger partial charge in [-0.2, -0.15) is 0 Å². The monoisotopic (exact) mass is 498 g/mol. The number of halogens is 3. The molecule has 11 heteroatoms. The molecule has 1 amide bonds. The number of carbonyl (C=O) groups excluding carboxylic acids is 1. The lowest BCUT2D eigenvalue weighted by Gasteiger charge is -2.26. The van der Waals surface area contributed by atoms with Crippen molar-refractivity contribution in [2.75, 3.05) is 31.0 Å². The summed E-state index contributed by atoms with van der Waals surface area (Å²) in [6, 6.07) is 6.21. The molecule has 1 N–H and O–H groups in total. The summed E-state index contributed by atoms with van der Waals surface area (Å²) in [5, 5.41) is 0. The topological polar surface area (TPSA) is 75.7 Å². The molecular formula is C15H13BrCl2N2O4S2. The van der Waals surface area contributed by atoms with Crippen LogP contribution in [0.25, 0.3) is 0 Å². The molecule has 0 saturated carbocycles. The van der Waals surface area contributed by atoms with Crippen LogP contribution >= 0.6 is 50.5 Å². The number of morpholine rings is 1. The number of amides is 1. The fraction of sp³-hybridized carbons (Fsp3) is 0.267. The second-order valence-electron chi connectivity index (χ2n) is 5.38. The van der Waals surface area contributed by atoms with Gasteiger partial charge >= 0.3 is 0 Å². The summed E-state index contributed by atoms with van der Waals surface area (Å²) in [7, 11) is -3.92. The lowest BCUT2D eigenvalue weighted by molar-refractivity contribution is 0.0303. The van der Waals surface area contributed by atoms with Crippen LogP contribution in [0.3, 0.4) is 0 Å². The summed E-state index contributed by atoms with van der Waals surface area (Å²) in [6.07, 6.45) is 0. The molecule has 1 fully saturated rings. The number of sulfonamides is 1. The average Bonchev–Trinajstić information content (AvgIpc) is 2.88. The van der Waals surface area contributed by atoms with E-state index in [1.54, 1.807) is 17.0 Å². The van der Waals surface area contributed by atoms with Gasteiger partial charge in [0.1, 0.15) is 13.6 Å². The molecule has 1 aromatic heterocycles. The van der Waals surface area contributed by atoms with E-state index in [-0.39, 0.29) is 23.9 Å². The van der Waals surface area contributed by atoms with Crippen LogP contribution < -0.4 is 4.72 Å². The van der Waals surface area contributed by atoms with Gasteiger partial charge in [-0.05, 0) is 40.2 Å². The zero-order chi connectivity index (χ0) is 18.9. The van der Waals surface area contributed by atoms with E-state index >= 15 is 0 Å². The first-order chi connectivity index (χ1) is 12.3. The van der Waals surface area contributed by atoms with Gasteiger partial charge in [0.05, 0.1) is 17.7 Å². The molecule has 1 saturated heterocycles. The summed E-state index contributed by atoms with van der Waals surface area (Å²) in [5.41, 5.74) is 0.793. The first-order valence-electron chi connectivity index (χ1n) is 7.43. The molecule has 2 aromatic rings. The van der Waals surface area contributed by atoms with Crippen LogP contribution in [0.4, 0.5) is 5.69 Å². The first kappa shape index (κ1) is 19.9. The van der Waals surface area contributed by atoms with E-state index in [9.17, 15) is 13.2 Å². The Labute approximate surface area is 173 Å². The van der Waals surface area contributed by atoms with Crippen molar-refractivity contribution in [2.45, 2.75) is 4.90 Å². The van der Waals surface area contributed by atoms with Crippen LogP contribution in [0.2, 0.25) is 8.67 Å². The largest absolute Gasteiger partial charge is 0.378 e. The zero-order valence-electron chi connectivity index (χ0n) is 13.2. The Morgan fingerprint density at radius 1 is 1.15 bits per heavy atom. The second kappa shape index (κ2) is 8.04. The highest BCUT2D eigenvalue weighted by Crippen LogP contribution is 2.43. The summed E-state index contributed by atoms with van der Waals surface area (Å²) in [4.78, 5) is 14.0. The minimum atomic E-state index is -3.92. The molecular weight excluding hydrogens is 487 g/mol. The highest BCUT2D eigenvalue weighted by Gasteiger charge is 2.26. The number of hydrogen-bond acceptors (Lipinski definition) is 5. The maximum absolute atomic E-state index is 12.6. The van der Waals surface area contributed by atoms with Gasteiger partial charge in [0.15, 0.2) is 0 Å². The van der Waals surface area contributed by atoms with E-state index in [2.05, 4.69) is 20.7 Å². The zero-order valence-corrected chi connectivity index (χ0v) is 17.9. The van der Waals surface area contributed by atoms with Crippen molar-refractivity contribution in [1.29, 1.82) is 0 Å². The van der Waals surface area contributed by atoms with Crippen molar-refractivity contribution in [1.82, 2.24) is 4.90 Å². The molecule has 0 unspecified atom stereocenters. The predicted octanol–water partition coefficient (Wildman–Crippen LogP) is 4.09. The first-order valence-corrected chi connectivity index (χ1v) is 11.3. The van der Waals surface area contributed by atoms with Crippen molar-refractivity contribution in [3.63, 3.8) is 0 Å². The van der Waals surface area contributed by atoms with Crippen LogP contribution in [-0.4, -0.2) is 45.5 Å². The summed E-state index contributed by atoms with van der Waals surface area (Å²) in [5.74, 6) is -0.113. The van der Waals surface area contributed by atoms with Crippen molar-refractivity contribution in [3.8, 4) is 0 Å². The Kier molecular flexibility index (Phi) is 6.15. The average molecular weight is 500 g/mol. The van der Waals surface area contributed by atoms with Gasteiger partial charge in [-0.15, -0.1) is 11.3 Å². The molecule has 0 radical (unpaired) electrons. The number of nitrogens with one attached hydrogen (secondary N) is 1. The Bertz CT molecular complexity index is 926. The minimum Gasteiger partial charge on any atom is -0.378 e. The Balaban J connectivity index is 1.77. The number of anilines is 1. The Morgan fingerprint density at radius 2 is 1.77 bits per heavy atom. The molecule has 1 aliphatic rings. The van der Waals surface area contributed by atoms with Crippen LogP contribution in [0.1, 0.15) is 10.4 Å². The molecule has 0 bridgehead atoms. The van der Waals surface area contributed by atoms with E-state index in [0.29, 0.717) is 37.6 Å². The highest BCUT2D eigenvalue weighted by atomic mass is 79.9. The van der Waals surface area contributed by atoms with Crippen molar-refractivity contribution in [2.24, 2.45) is 0 Å². The molecule has 6 nitrogen and oxygen atoms in total. The third kappa shape index (κ3) is 4.18. The van der Waals surface area contributed by atoms with Crippen molar-refractivity contribution in [3.05, 3.63) is 43.0 Å². The number of rotatable bonds is 4. The standard InChI is InChI=1S/C15H13BrCl2N2O4S2/c16-11-12(14(18)25-13(11)17)26(22,23)19-10-3-1-9(2-4-10)15(21)20-5-7-24-8-6-20/h1-4,19H,5-8H2. The second-order valence-corrected chi connectivity index (χ2v) is 10.0. The van der Waals surface area contributed by atoms with Gasteiger partial charge in [-0.1, -0.05) is 23.2 Å². The summed E-state index contributed by atoms with van der Waals surface area (Å²) >= 11 is 16.0. The van der Waals surface area contributed by atoms with Crippen molar-refractivity contribution >= 4 is 72.1 Å². The Morgan fingerprint density at radius 3 is 2.31 bits per heavy atom. The molecule has 0 spiro atoms. The molecule has 1 aromatic carbocycles. The van der Waals surface area contributed by atoms with Crippen LogP contribution in [0.5, 0.6) is 0 Å². The van der Waals surface area contributed by atoms with Crippen LogP contribution in [0.15, 0.2) is 33.6 Å². The maximum Gasteiger partial charge on any atom is 0.265 e. The number of ether oxygens (including phenoxy) is 1. The van der Waals surface area contributed by atoms with Gasteiger partial charge < -0.3 is 9.64 Å². The number of carbonyl (C=O) groups is 1. The molecule has 2 heterocycles. The fourth-order valence-electron chi connectivity index (χ4n) is 2.41. The van der Waals surface area contributed by atoms with Crippen LogP contribution in [0, 0.1) is 0 Å². The van der Waals surface area contributed by atoms with E-state index in [1.807, 2.05) is 0 Å². The lowest BCUT2D eigenvalue weighted by Crippen LogP contribution is -2.40. The van der Waals surface area contributed by atoms with E-state index < -0.39 is 10.0 Å². The third-order valence-electron chi connectivity index (χ3n) is 3.68. The number of nitrogens with zero attached hydrogens (tertiary/aromatic N) is 1. The minimum absolute atomic E-state index is 0.0634. The molecule has 0 atom stereocenters. The van der Waals surface area contributed by atoms with E-state index in [4.69, 9.17) is 27.9 Å². The van der Waals surface area contributed by atoms with Gasteiger partial charge in [-0.25, -0.2) is 8.42 Å². The number of benzene rings is 1. The lowest BCUT2D eigenvalue weighted by atomic mass is 10.2. The highest BCUT2D eigenvalue weighted by molar-refractivity contribution is 9.10. The summed E-state index contributed by atoms with van der Waals surface area (Å²) in [6.45, 7) is 2.11. The van der Waals surface area contributed by atoms with Crippen LogP contribution in [-0.2, 0) is 14.8 Å². The predicted molar refractivity (Wildman–Crippen MR) is 106 cm³/mol. The van der Waals surface area contributed by atoms with E-state index in [0.717, 1.165) is 11.3 Å². The van der Waals surface area contributed by atoms with Gasteiger partial charge in [0.25, 0.3) is 15.9 Å². The normalized spacial score (nSPS) is 15.1. The number of thiophene rings is 1. The molecule has 3 rings (SSSR count). The molecule has 26 heavy (non-hydrogen) atoms. The summed E-state index contributed by atoms with van der Waals surface area (Å²) < 4.78 is 33.3. The van der Waals surface area contributed by atoms with Gasteiger partial charge in [-0.3, -0.25) is 9.52 Å². The van der Waals surface area contributed by atoms with Gasteiger partial charge in [0, 0.05) is 24.3 Å². The molecule has 1 aliphatic heterocycles. The Hall–Kier alpha value is -0.840. The fourth-order valence-corrected chi connectivity index (χ4v) is 7.02. The smallest absolute Gasteiger partial charge is 0.265 e. The quantitative estimate of drug-likeness (QED) is 0.687. The van der Waals surface area contributed by atoms with E-state index in [1.165, 1.54) is 12.1 Å².